The highest BCUT2D eigenvalue weighted by molar-refractivity contribution is 8.23. The monoisotopic (exact) mass is 385 g/mol. The van der Waals surface area contributed by atoms with Crippen molar-refractivity contribution in [2.75, 3.05) is 31.9 Å². The Morgan fingerprint density at radius 1 is 1.42 bits per heavy atom. The lowest BCUT2D eigenvalue weighted by molar-refractivity contribution is -0.133. The van der Waals surface area contributed by atoms with Crippen LogP contribution in [-0.2, 0) is 16.1 Å². The minimum atomic E-state index is -0.134. The smallest absolute Gasteiger partial charge is 0.239 e. The number of carbonyl (C=O) groups is 2. The van der Waals surface area contributed by atoms with Crippen molar-refractivity contribution in [3.8, 4) is 0 Å². The van der Waals surface area contributed by atoms with Gasteiger partial charge in [0.1, 0.15) is 4.32 Å². The molecule has 0 saturated carbocycles. The van der Waals surface area contributed by atoms with E-state index >= 15 is 0 Å². The van der Waals surface area contributed by atoms with Crippen molar-refractivity contribution in [3.63, 3.8) is 0 Å². The summed E-state index contributed by atoms with van der Waals surface area (Å²) in [6.07, 6.45) is 2.33. The Morgan fingerprint density at radius 3 is 2.79 bits per heavy atom. The van der Waals surface area contributed by atoms with Crippen molar-refractivity contribution in [2.24, 2.45) is 0 Å². The van der Waals surface area contributed by atoms with Crippen molar-refractivity contribution >= 4 is 51.5 Å². The van der Waals surface area contributed by atoms with Crippen LogP contribution >= 0.6 is 35.3 Å². The fraction of sp³-hybridized carbons (Fsp3) is 0.562. The molecule has 8 heteroatoms. The van der Waals surface area contributed by atoms with Crippen LogP contribution in [0.25, 0.3) is 0 Å². The van der Waals surface area contributed by atoms with Gasteiger partial charge in [0.2, 0.25) is 11.8 Å². The van der Waals surface area contributed by atoms with Crippen LogP contribution in [-0.4, -0.2) is 57.9 Å². The number of thiocarbonyl (C=S) groups is 1. The van der Waals surface area contributed by atoms with E-state index in [1.165, 1.54) is 24.6 Å². The minimum Gasteiger partial charge on any atom is -0.358 e. The molecule has 2 rings (SSSR count). The van der Waals surface area contributed by atoms with Gasteiger partial charge in [-0.2, -0.15) is 0 Å². The summed E-state index contributed by atoms with van der Waals surface area (Å²) >= 11 is 8.37. The molecule has 1 aromatic rings. The molecule has 1 saturated heterocycles. The first-order valence-electron chi connectivity index (χ1n) is 8.08. The number of hydrogen-bond acceptors (Lipinski definition) is 5. The topological polar surface area (TPSA) is 52.7 Å². The Bertz CT molecular complexity index is 557. The van der Waals surface area contributed by atoms with Crippen LogP contribution in [0.5, 0.6) is 0 Å². The highest BCUT2D eigenvalue weighted by atomic mass is 32.2. The molecule has 1 aromatic heterocycles. The van der Waals surface area contributed by atoms with Crippen molar-refractivity contribution < 1.29 is 9.59 Å². The third-order valence-corrected chi connectivity index (χ3v) is 6.18. The lowest BCUT2D eigenvalue weighted by Gasteiger charge is -2.22. The molecule has 0 spiro atoms. The normalized spacial score (nSPS) is 13.8. The maximum Gasteiger partial charge on any atom is 0.239 e. The molecule has 0 unspecified atom stereocenters. The highest BCUT2D eigenvalue weighted by Crippen LogP contribution is 2.16. The van der Waals surface area contributed by atoms with Gasteiger partial charge in [-0.3, -0.25) is 9.59 Å². The van der Waals surface area contributed by atoms with Gasteiger partial charge in [-0.1, -0.05) is 30.0 Å². The van der Waals surface area contributed by atoms with E-state index in [1.807, 2.05) is 24.4 Å². The van der Waals surface area contributed by atoms with Gasteiger partial charge in [-0.15, -0.1) is 11.3 Å². The SMILES string of the molecule is CCN(CC(=O)NCc1cccs1)C(=O)CSC(=S)N1CCCC1. The van der Waals surface area contributed by atoms with E-state index in [2.05, 4.69) is 10.2 Å². The Balaban J connectivity index is 1.71. The van der Waals surface area contributed by atoms with Gasteiger partial charge in [0.25, 0.3) is 0 Å². The van der Waals surface area contributed by atoms with Crippen LogP contribution in [0.1, 0.15) is 24.6 Å². The van der Waals surface area contributed by atoms with E-state index in [4.69, 9.17) is 12.2 Å². The predicted octanol–water partition coefficient (Wildman–Crippen LogP) is 2.33. The van der Waals surface area contributed by atoms with Crippen LogP contribution in [0.4, 0.5) is 0 Å². The summed E-state index contributed by atoms with van der Waals surface area (Å²) in [6, 6.07) is 3.93. The van der Waals surface area contributed by atoms with E-state index in [0.717, 1.165) is 22.3 Å². The van der Waals surface area contributed by atoms with E-state index in [0.29, 0.717) is 18.8 Å². The number of thioether (sulfide) groups is 1. The molecule has 1 aliphatic heterocycles. The summed E-state index contributed by atoms with van der Waals surface area (Å²) in [5.74, 6) is 0.113. The van der Waals surface area contributed by atoms with Crippen LogP contribution < -0.4 is 5.32 Å². The molecule has 5 nitrogen and oxygen atoms in total. The molecule has 1 N–H and O–H groups in total. The largest absolute Gasteiger partial charge is 0.358 e. The van der Waals surface area contributed by atoms with E-state index in [1.54, 1.807) is 16.2 Å². The Kier molecular flexibility index (Phi) is 8.01. The number of carbonyl (C=O) groups excluding carboxylic acids is 2. The number of hydrogen-bond donors (Lipinski definition) is 1. The zero-order valence-electron chi connectivity index (χ0n) is 13.8. The standard InChI is InChI=1S/C16H23N3O2S3/c1-2-18(11-14(20)17-10-13-6-5-9-23-13)15(21)12-24-16(22)19-7-3-4-8-19/h5-6,9H,2-4,7-8,10-12H2,1H3,(H,17,20). The van der Waals surface area contributed by atoms with Crippen molar-refractivity contribution in [1.29, 1.82) is 0 Å². The van der Waals surface area contributed by atoms with Gasteiger partial charge in [0.05, 0.1) is 18.8 Å². The molecule has 0 aliphatic carbocycles. The lowest BCUT2D eigenvalue weighted by Crippen LogP contribution is -2.41. The summed E-state index contributed by atoms with van der Waals surface area (Å²) in [6.45, 7) is 4.98. The first kappa shape index (κ1) is 19.2. The zero-order valence-corrected chi connectivity index (χ0v) is 16.3. The maximum atomic E-state index is 12.3. The third-order valence-electron chi connectivity index (χ3n) is 3.79. The molecule has 0 atom stereocenters. The van der Waals surface area contributed by atoms with Crippen molar-refractivity contribution in [3.05, 3.63) is 22.4 Å². The molecule has 2 amide bonds. The number of nitrogens with one attached hydrogen (secondary N) is 1. The molecule has 0 radical (unpaired) electrons. The fourth-order valence-electron chi connectivity index (χ4n) is 2.41. The van der Waals surface area contributed by atoms with Gasteiger partial charge in [0, 0.05) is 24.5 Å². The lowest BCUT2D eigenvalue weighted by atomic mass is 10.4. The summed E-state index contributed by atoms with van der Waals surface area (Å²) in [7, 11) is 0. The molecule has 132 valence electrons. The third kappa shape index (κ3) is 6.07. The maximum absolute atomic E-state index is 12.3. The number of nitrogens with zero attached hydrogens (tertiary/aromatic N) is 2. The molecular weight excluding hydrogens is 362 g/mol. The van der Waals surface area contributed by atoms with Crippen molar-refractivity contribution in [1.82, 2.24) is 15.1 Å². The van der Waals surface area contributed by atoms with E-state index in [-0.39, 0.29) is 18.4 Å². The fourth-order valence-corrected chi connectivity index (χ4v) is 4.21. The average molecular weight is 386 g/mol. The number of amides is 2. The summed E-state index contributed by atoms with van der Waals surface area (Å²) in [5, 5.41) is 4.83. The highest BCUT2D eigenvalue weighted by Gasteiger charge is 2.19. The molecule has 24 heavy (non-hydrogen) atoms. The quantitative estimate of drug-likeness (QED) is 0.730. The first-order chi connectivity index (χ1) is 11.6. The van der Waals surface area contributed by atoms with E-state index < -0.39 is 0 Å². The van der Waals surface area contributed by atoms with Gasteiger partial charge in [0.15, 0.2) is 0 Å². The molecular formula is C16H23N3O2S3. The van der Waals surface area contributed by atoms with Crippen LogP contribution in [0.15, 0.2) is 17.5 Å². The summed E-state index contributed by atoms with van der Waals surface area (Å²) in [5.41, 5.74) is 0. The van der Waals surface area contributed by atoms with Gasteiger partial charge in [-0.25, -0.2) is 0 Å². The molecule has 0 bridgehead atoms. The molecule has 1 aliphatic rings. The van der Waals surface area contributed by atoms with Crippen LogP contribution in [0, 0.1) is 0 Å². The van der Waals surface area contributed by atoms with Crippen LogP contribution in [0.2, 0.25) is 0 Å². The second-order valence-corrected chi connectivity index (χ2v) is 8.15. The van der Waals surface area contributed by atoms with Crippen molar-refractivity contribution in [2.45, 2.75) is 26.3 Å². The van der Waals surface area contributed by atoms with Gasteiger partial charge < -0.3 is 15.1 Å². The first-order valence-corrected chi connectivity index (χ1v) is 10.4. The summed E-state index contributed by atoms with van der Waals surface area (Å²) < 4.78 is 0.791. The number of likely N-dealkylation sites (tertiary alicyclic amines) is 1. The van der Waals surface area contributed by atoms with Crippen LogP contribution in [0.3, 0.4) is 0 Å². The predicted molar refractivity (Wildman–Crippen MR) is 104 cm³/mol. The zero-order chi connectivity index (χ0) is 17.4. The second-order valence-electron chi connectivity index (χ2n) is 5.51. The Morgan fingerprint density at radius 2 is 2.17 bits per heavy atom. The number of thiophene rings is 1. The Hall–Kier alpha value is -1.12. The Labute approximate surface area is 156 Å². The molecule has 1 fully saturated rings. The molecule has 0 aromatic carbocycles. The minimum absolute atomic E-state index is 0.0460. The van der Waals surface area contributed by atoms with Gasteiger partial charge >= 0.3 is 0 Å². The van der Waals surface area contributed by atoms with Gasteiger partial charge in [-0.05, 0) is 31.2 Å². The number of rotatable bonds is 7. The molecule has 2 heterocycles. The van der Waals surface area contributed by atoms with E-state index in [9.17, 15) is 9.59 Å². The average Bonchev–Trinajstić information content (AvgIpc) is 3.28. The second kappa shape index (κ2) is 10.0. The number of likely N-dealkylation sites (N-methyl/N-ethyl adjacent to an activating group) is 1. The summed E-state index contributed by atoms with van der Waals surface area (Å²) in [4.78, 5) is 29.2.